The smallest absolute Gasteiger partial charge is 0.237 e. The van der Waals surface area contributed by atoms with Gasteiger partial charge in [0.1, 0.15) is 12.1 Å². The van der Waals surface area contributed by atoms with Gasteiger partial charge < -0.3 is 0 Å². The van der Waals surface area contributed by atoms with Crippen molar-refractivity contribution in [2.24, 2.45) is 5.10 Å². The maximum absolute atomic E-state index is 11.8. The topological polar surface area (TPSA) is 89.0 Å². The molecule has 96 valence electrons. The number of ketones is 1. The molecule has 0 aliphatic heterocycles. The highest BCUT2D eigenvalue weighted by molar-refractivity contribution is 9.10. The zero-order valence-corrected chi connectivity index (χ0v) is 12.0. The summed E-state index contributed by atoms with van der Waals surface area (Å²) in [5.41, 5.74) is 3.04. The molecule has 0 aliphatic rings. The highest BCUT2D eigenvalue weighted by Gasteiger charge is 2.11. The van der Waals surface area contributed by atoms with E-state index in [0.29, 0.717) is 11.3 Å². The van der Waals surface area contributed by atoms with Gasteiger partial charge in [-0.25, -0.2) is 0 Å². The first-order chi connectivity index (χ1) is 9.12. The third kappa shape index (κ3) is 4.36. The largest absolute Gasteiger partial charge is 0.294 e. The van der Waals surface area contributed by atoms with E-state index in [9.17, 15) is 4.79 Å². The van der Waals surface area contributed by atoms with Gasteiger partial charge in [-0.2, -0.15) is 15.6 Å². The highest BCUT2D eigenvalue weighted by atomic mass is 79.9. The number of nitriles is 2. The van der Waals surface area contributed by atoms with Gasteiger partial charge in [0, 0.05) is 22.3 Å². The number of halogens is 2. The molecule has 0 spiro atoms. The van der Waals surface area contributed by atoms with Gasteiger partial charge in [-0.15, -0.1) is 11.6 Å². The first-order valence-electron chi connectivity index (χ1n) is 5.15. The minimum absolute atomic E-state index is 0.143. The van der Waals surface area contributed by atoms with Crippen LogP contribution in [0, 0.1) is 22.7 Å². The van der Waals surface area contributed by atoms with Gasteiger partial charge in [0.15, 0.2) is 5.78 Å². The Morgan fingerprint density at radius 2 is 2.11 bits per heavy atom. The third-order valence-corrected chi connectivity index (χ3v) is 2.79. The van der Waals surface area contributed by atoms with Crippen molar-refractivity contribution >= 4 is 44.7 Å². The number of hydrogen-bond donors (Lipinski definition) is 1. The van der Waals surface area contributed by atoms with E-state index in [-0.39, 0.29) is 23.8 Å². The number of alkyl halides is 1. The Morgan fingerprint density at radius 1 is 1.42 bits per heavy atom. The third-order valence-electron chi connectivity index (χ3n) is 2.10. The second-order valence-electron chi connectivity index (χ2n) is 3.35. The molecule has 1 rings (SSSR count). The molecule has 1 N–H and O–H groups in total. The van der Waals surface area contributed by atoms with Gasteiger partial charge >= 0.3 is 0 Å². The zero-order chi connectivity index (χ0) is 14.3. The quantitative estimate of drug-likeness (QED) is 0.386. The minimum Gasteiger partial charge on any atom is -0.294 e. The Bertz CT molecular complexity index is 585. The van der Waals surface area contributed by atoms with E-state index in [0.717, 1.165) is 4.47 Å². The number of rotatable bonds is 5. The Labute approximate surface area is 123 Å². The normalized spacial score (nSPS) is 9.05. The average molecular weight is 340 g/mol. The van der Waals surface area contributed by atoms with Gasteiger partial charge in [-0.1, -0.05) is 15.9 Å². The van der Waals surface area contributed by atoms with Crippen molar-refractivity contribution in [3.8, 4) is 12.1 Å². The van der Waals surface area contributed by atoms with E-state index in [4.69, 9.17) is 22.1 Å². The van der Waals surface area contributed by atoms with E-state index in [1.165, 1.54) is 0 Å². The maximum atomic E-state index is 11.8. The molecule has 1 aromatic carbocycles. The van der Waals surface area contributed by atoms with E-state index >= 15 is 0 Å². The van der Waals surface area contributed by atoms with Crippen LogP contribution < -0.4 is 5.43 Å². The molecule has 0 saturated carbocycles. The van der Waals surface area contributed by atoms with Gasteiger partial charge in [-0.05, 0) is 18.2 Å². The fourth-order valence-corrected chi connectivity index (χ4v) is 1.80. The van der Waals surface area contributed by atoms with Crippen molar-refractivity contribution in [3.05, 3.63) is 28.2 Å². The minimum atomic E-state index is -0.323. The molecule has 0 saturated heterocycles. The fraction of sp³-hybridized carbons (Fsp3) is 0.167. The average Bonchev–Trinajstić information content (AvgIpc) is 2.40. The molecule has 0 heterocycles. The number of hydrazone groups is 1. The predicted octanol–water partition coefficient (Wildman–Crippen LogP) is 3.08. The van der Waals surface area contributed by atoms with Crippen LogP contribution in [-0.4, -0.2) is 17.4 Å². The van der Waals surface area contributed by atoms with Crippen LogP contribution in [0.4, 0.5) is 5.69 Å². The molecular formula is C12H8BrClN4O. The number of carbonyl (C=O) groups is 1. The molecule has 0 unspecified atom stereocenters. The van der Waals surface area contributed by atoms with E-state index in [1.807, 2.05) is 0 Å². The molecule has 0 fully saturated rings. The lowest BCUT2D eigenvalue weighted by Gasteiger charge is -2.07. The number of hydrogen-bond acceptors (Lipinski definition) is 5. The number of Topliss-reactive ketones (excluding diaryl/α,β-unsaturated/α-hetero) is 1. The summed E-state index contributed by atoms with van der Waals surface area (Å²) >= 11 is 8.81. The number of anilines is 1. The highest BCUT2D eigenvalue weighted by Crippen LogP contribution is 2.23. The molecule has 0 atom stereocenters. The van der Waals surface area contributed by atoms with Crippen molar-refractivity contribution in [2.75, 3.05) is 11.3 Å². The molecule has 0 aliphatic carbocycles. The van der Waals surface area contributed by atoms with Gasteiger partial charge in [0.05, 0.1) is 5.69 Å². The van der Waals surface area contributed by atoms with Crippen LogP contribution in [0.25, 0.3) is 0 Å². The van der Waals surface area contributed by atoms with E-state index in [2.05, 4.69) is 26.5 Å². The summed E-state index contributed by atoms with van der Waals surface area (Å²) in [5.74, 6) is 0.0786. The summed E-state index contributed by atoms with van der Waals surface area (Å²) in [7, 11) is 0. The standard InChI is InChI=1S/C12H8BrClN4O/c13-8-1-2-10(12(19)3-4-14)11(5-8)18-17-9(6-15)7-16/h1-2,5,18H,3-4H2. The first kappa shape index (κ1) is 15.2. The van der Waals surface area contributed by atoms with Crippen LogP contribution in [0.15, 0.2) is 27.8 Å². The number of nitrogens with zero attached hydrogens (tertiary/aromatic N) is 3. The fourth-order valence-electron chi connectivity index (χ4n) is 1.26. The predicted molar refractivity (Wildman–Crippen MR) is 76.1 cm³/mol. The SMILES string of the molecule is N#CC(C#N)=NNc1cc(Br)ccc1C(=O)CCCl. The maximum Gasteiger partial charge on any atom is 0.237 e. The molecule has 7 heteroatoms. The summed E-state index contributed by atoms with van der Waals surface area (Å²) in [6.45, 7) is 0. The molecule has 19 heavy (non-hydrogen) atoms. The molecular weight excluding hydrogens is 332 g/mol. The number of carbonyl (C=O) groups excluding carboxylic acids is 1. The Balaban J connectivity index is 3.09. The number of benzene rings is 1. The monoisotopic (exact) mass is 338 g/mol. The Kier molecular flexibility index (Phi) is 6.01. The molecule has 0 amide bonds. The summed E-state index contributed by atoms with van der Waals surface area (Å²) in [4.78, 5) is 11.8. The van der Waals surface area contributed by atoms with Crippen LogP contribution in [0.1, 0.15) is 16.8 Å². The number of nitrogens with one attached hydrogen (secondary N) is 1. The van der Waals surface area contributed by atoms with Crippen LogP contribution in [0.2, 0.25) is 0 Å². The lowest BCUT2D eigenvalue weighted by atomic mass is 10.1. The van der Waals surface area contributed by atoms with Gasteiger partial charge in [0.25, 0.3) is 0 Å². The van der Waals surface area contributed by atoms with Crippen LogP contribution in [0.5, 0.6) is 0 Å². The van der Waals surface area contributed by atoms with Crippen molar-refractivity contribution < 1.29 is 4.79 Å². The van der Waals surface area contributed by atoms with Crippen LogP contribution in [-0.2, 0) is 0 Å². The lowest BCUT2D eigenvalue weighted by molar-refractivity contribution is 0.0990. The molecule has 1 aromatic rings. The van der Waals surface area contributed by atoms with E-state index < -0.39 is 0 Å². The molecule has 0 bridgehead atoms. The summed E-state index contributed by atoms with van der Waals surface area (Å²) in [6, 6.07) is 8.21. The van der Waals surface area contributed by atoms with Crippen LogP contribution in [0.3, 0.4) is 0 Å². The summed E-state index contributed by atoms with van der Waals surface area (Å²) in [6.07, 6.45) is 0.199. The van der Waals surface area contributed by atoms with Crippen LogP contribution >= 0.6 is 27.5 Å². The second-order valence-corrected chi connectivity index (χ2v) is 4.64. The molecule has 0 radical (unpaired) electrons. The van der Waals surface area contributed by atoms with Crippen molar-refractivity contribution in [1.82, 2.24) is 0 Å². The second kappa shape index (κ2) is 7.52. The summed E-state index contributed by atoms with van der Waals surface area (Å²) < 4.78 is 0.739. The lowest BCUT2D eigenvalue weighted by Crippen LogP contribution is -2.05. The van der Waals surface area contributed by atoms with Crippen molar-refractivity contribution in [1.29, 1.82) is 10.5 Å². The van der Waals surface area contributed by atoms with E-state index in [1.54, 1.807) is 30.3 Å². The summed E-state index contributed by atoms with van der Waals surface area (Å²) in [5, 5.41) is 20.8. The Morgan fingerprint density at radius 3 is 2.68 bits per heavy atom. The van der Waals surface area contributed by atoms with Gasteiger partial charge in [-0.3, -0.25) is 10.2 Å². The first-order valence-corrected chi connectivity index (χ1v) is 6.47. The Hall–Kier alpha value is -1.89. The molecule has 0 aromatic heterocycles. The van der Waals surface area contributed by atoms with Crippen molar-refractivity contribution in [3.63, 3.8) is 0 Å². The van der Waals surface area contributed by atoms with Gasteiger partial charge in [0.2, 0.25) is 5.71 Å². The zero-order valence-electron chi connectivity index (χ0n) is 9.65. The van der Waals surface area contributed by atoms with Crippen molar-refractivity contribution in [2.45, 2.75) is 6.42 Å². The molecule has 5 nitrogen and oxygen atoms in total.